The maximum absolute atomic E-state index is 6.60. The zero-order chi connectivity index (χ0) is 16.9. The second-order valence-corrected chi connectivity index (χ2v) is 8.56. The predicted molar refractivity (Wildman–Crippen MR) is 97.1 cm³/mol. The van der Waals surface area contributed by atoms with Gasteiger partial charge in [0.1, 0.15) is 5.82 Å². The molecule has 0 N–H and O–H groups in total. The summed E-state index contributed by atoms with van der Waals surface area (Å²) in [5.41, 5.74) is 2.51. The van der Waals surface area contributed by atoms with E-state index in [9.17, 15) is 0 Å². The quantitative estimate of drug-likeness (QED) is 0.819. The van der Waals surface area contributed by atoms with Crippen LogP contribution in [0.1, 0.15) is 44.2 Å². The summed E-state index contributed by atoms with van der Waals surface area (Å²) in [6.45, 7) is 3.80. The summed E-state index contributed by atoms with van der Waals surface area (Å²) >= 11 is 0. The molecule has 4 fully saturated rings. The zero-order valence-corrected chi connectivity index (χ0v) is 15.0. The highest BCUT2D eigenvalue weighted by molar-refractivity contribution is 5.54. The highest BCUT2D eigenvalue weighted by Gasteiger charge is 2.51. The highest BCUT2D eigenvalue weighted by atomic mass is 16.5. The van der Waals surface area contributed by atoms with Crippen LogP contribution in [0.4, 0.5) is 0 Å². The Kier molecular flexibility index (Phi) is 3.70. The topological polar surface area (TPSA) is 39.9 Å². The number of rotatable bonds is 5. The number of nitrogens with zero attached hydrogens (tertiary/aromatic N) is 3. The summed E-state index contributed by atoms with van der Waals surface area (Å²) in [7, 11) is 0. The van der Waals surface area contributed by atoms with E-state index in [-0.39, 0.29) is 5.60 Å². The molecule has 6 rings (SSSR count). The van der Waals surface area contributed by atoms with Gasteiger partial charge in [0.25, 0.3) is 0 Å². The van der Waals surface area contributed by atoms with Crippen molar-refractivity contribution >= 4 is 0 Å². The molecule has 4 saturated carbocycles. The molecule has 132 valence electrons. The number of ether oxygens (including phenoxy) is 1. The van der Waals surface area contributed by atoms with Gasteiger partial charge in [0.05, 0.1) is 12.2 Å². The monoisotopic (exact) mass is 337 g/mol. The van der Waals surface area contributed by atoms with Crippen molar-refractivity contribution in [3.63, 3.8) is 0 Å². The van der Waals surface area contributed by atoms with Crippen LogP contribution in [0.3, 0.4) is 0 Å². The Morgan fingerprint density at radius 3 is 2.36 bits per heavy atom. The van der Waals surface area contributed by atoms with E-state index in [4.69, 9.17) is 4.74 Å². The highest BCUT2D eigenvalue weighted by Crippen LogP contribution is 2.57. The van der Waals surface area contributed by atoms with Crippen molar-refractivity contribution in [1.29, 1.82) is 0 Å². The first kappa shape index (κ1) is 15.6. The summed E-state index contributed by atoms with van der Waals surface area (Å²) in [6, 6.07) is 4.05. The van der Waals surface area contributed by atoms with Crippen molar-refractivity contribution < 1.29 is 4.74 Å². The molecule has 4 bridgehead atoms. The maximum Gasteiger partial charge on any atom is 0.140 e. The number of aromatic nitrogens is 3. The summed E-state index contributed by atoms with van der Waals surface area (Å²) in [5.74, 6) is 3.84. The first-order valence-corrected chi connectivity index (χ1v) is 9.77. The fourth-order valence-corrected chi connectivity index (χ4v) is 6.04. The third-order valence-corrected chi connectivity index (χ3v) is 6.70. The van der Waals surface area contributed by atoms with Crippen LogP contribution in [-0.2, 0) is 11.3 Å². The minimum Gasteiger partial charge on any atom is -0.373 e. The van der Waals surface area contributed by atoms with Gasteiger partial charge in [-0.25, -0.2) is 4.98 Å². The molecule has 0 amide bonds. The minimum absolute atomic E-state index is 0.195. The van der Waals surface area contributed by atoms with Crippen molar-refractivity contribution in [3.8, 4) is 11.4 Å². The van der Waals surface area contributed by atoms with Crippen molar-refractivity contribution in [1.82, 2.24) is 14.5 Å². The third-order valence-electron chi connectivity index (χ3n) is 6.70. The van der Waals surface area contributed by atoms with E-state index in [1.165, 1.54) is 44.2 Å². The molecular formula is C21H27N3O. The van der Waals surface area contributed by atoms with E-state index in [2.05, 4.69) is 21.5 Å². The standard InChI is InChI=1S/C21H27N3O/c1-15-14-23-20(19-2-4-22-5-3-19)24(15)6-7-25-21-11-16-8-17(12-21)10-18(9-16)13-21/h2-5,14,16-18H,6-13H2,1H3. The molecule has 25 heavy (non-hydrogen) atoms. The second-order valence-electron chi connectivity index (χ2n) is 8.56. The van der Waals surface area contributed by atoms with E-state index in [0.717, 1.165) is 42.3 Å². The van der Waals surface area contributed by atoms with E-state index < -0.39 is 0 Å². The van der Waals surface area contributed by atoms with Gasteiger partial charge in [0.2, 0.25) is 0 Å². The normalized spacial score (nSPS) is 33.1. The summed E-state index contributed by atoms with van der Waals surface area (Å²) in [6.07, 6.45) is 13.9. The van der Waals surface area contributed by atoms with Gasteiger partial charge in [-0.3, -0.25) is 4.98 Å². The Labute approximate surface area is 149 Å². The Bertz CT molecular complexity index is 716. The Hall–Kier alpha value is -1.68. The first-order chi connectivity index (χ1) is 12.2. The maximum atomic E-state index is 6.60. The van der Waals surface area contributed by atoms with Crippen LogP contribution >= 0.6 is 0 Å². The molecule has 0 aliphatic heterocycles. The van der Waals surface area contributed by atoms with Crippen molar-refractivity contribution in [2.24, 2.45) is 17.8 Å². The summed E-state index contributed by atoms with van der Waals surface area (Å²) in [5, 5.41) is 0. The van der Waals surface area contributed by atoms with Crippen molar-refractivity contribution in [2.45, 2.75) is 57.6 Å². The molecule has 2 aromatic heterocycles. The molecule has 2 aromatic rings. The molecule has 4 aliphatic rings. The lowest BCUT2D eigenvalue weighted by molar-refractivity contribution is -0.163. The van der Waals surface area contributed by atoms with E-state index in [1.54, 1.807) is 0 Å². The molecule has 4 aliphatic carbocycles. The van der Waals surface area contributed by atoms with Gasteiger partial charge in [-0.1, -0.05) is 0 Å². The van der Waals surface area contributed by atoms with Crippen LogP contribution in [0.15, 0.2) is 30.7 Å². The summed E-state index contributed by atoms with van der Waals surface area (Å²) < 4.78 is 8.89. The Balaban J connectivity index is 1.29. The molecule has 0 saturated heterocycles. The SMILES string of the molecule is Cc1cnc(-c2ccncc2)n1CCOC12CC3CC(CC(C3)C1)C2. The smallest absolute Gasteiger partial charge is 0.140 e. The fraction of sp³-hybridized carbons (Fsp3) is 0.619. The van der Waals surface area contributed by atoms with Crippen molar-refractivity contribution in [2.75, 3.05) is 6.61 Å². The van der Waals surface area contributed by atoms with Crippen LogP contribution in [-0.4, -0.2) is 26.7 Å². The number of imidazole rings is 1. The lowest BCUT2D eigenvalue weighted by Gasteiger charge is -2.56. The number of aryl methyl sites for hydroxylation is 1. The Morgan fingerprint density at radius 2 is 1.72 bits per heavy atom. The van der Waals surface area contributed by atoms with E-state index in [1.807, 2.05) is 30.7 Å². The van der Waals surface area contributed by atoms with E-state index in [0.29, 0.717) is 0 Å². The third kappa shape index (κ3) is 2.80. The van der Waals surface area contributed by atoms with Crippen LogP contribution in [0.5, 0.6) is 0 Å². The van der Waals surface area contributed by atoms with Crippen LogP contribution in [0.2, 0.25) is 0 Å². The molecule has 0 unspecified atom stereocenters. The zero-order valence-electron chi connectivity index (χ0n) is 15.0. The fourth-order valence-electron chi connectivity index (χ4n) is 6.04. The molecule has 0 atom stereocenters. The molecular weight excluding hydrogens is 310 g/mol. The number of pyridine rings is 1. The predicted octanol–water partition coefficient (Wildman–Crippen LogP) is 4.24. The second kappa shape index (κ2) is 5.94. The summed E-state index contributed by atoms with van der Waals surface area (Å²) in [4.78, 5) is 8.72. The Morgan fingerprint density at radius 1 is 1.08 bits per heavy atom. The average Bonchev–Trinajstić information content (AvgIpc) is 2.95. The first-order valence-electron chi connectivity index (χ1n) is 9.77. The lowest BCUT2D eigenvalue weighted by atomic mass is 9.54. The van der Waals surface area contributed by atoms with Gasteiger partial charge >= 0.3 is 0 Å². The van der Waals surface area contributed by atoms with Crippen molar-refractivity contribution in [3.05, 3.63) is 36.4 Å². The molecule has 4 heteroatoms. The molecule has 4 nitrogen and oxygen atoms in total. The van der Waals surface area contributed by atoms with Crippen LogP contribution < -0.4 is 0 Å². The largest absolute Gasteiger partial charge is 0.373 e. The molecule has 0 aromatic carbocycles. The number of hydrogen-bond acceptors (Lipinski definition) is 3. The van der Waals surface area contributed by atoms with E-state index >= 15 is 0 Å². The van der Waals surface area contributed by atoms with Crippen LogP contribution in [0, 0.1) is 24.7 Å². The molecule has 0 spiro atoms. The van der Waals surface area contributed by atoms with Gasteiger partial charge in [-0.05, 0) is 75.3 Å². The number of hydrogen-bond donors (Lipinski definition) is 0. The molecule has 2 heterocycles. The van der Waals surface area contributed by atoms with Crippen LogP contribution in [0.25, 0.3) is 11.4 Å². The van der Waals surface area contributed by atoms with Gasteiger partial charge < -0.3 is 9.30 Å². The van der Waals surface area contributed by atoms with Gasteiger partial charge in [-0.15, -0.1) is 0 Å². The van der Waals surface area contributed by atoms with Gasteiger partial charge in [0, 0.05) is 36.4 Å². The molecule has 0 radical (unpaired) electrons. The lowest BCUT2D eigenvalue weighted by Crippen LogP contribution is -2.52. The average molecular weight is 337 g/mol. The van der Waals surface area contributed by atoms with Gasteiger partial charge in [-0.2, -0.15) is 0 Å². The minimum atomic E-state index is 0.195. The van der Waals surface area contributed by atoms with Gasteiger partial charge in [0.15, 0.2) is 0 Å².